The molecule has 1 unspecified atom stereocenters. The molecule has 3 atom stereocenters. The van der Waals surface area contributed by atoms with Crippen LogP contribution in [-0.2, 0) is 9.71 Å². The summed E-state index contributed by atoms with van der Waals surface area (Å²) in [7, 11) is -2.63. The Hall–Kier alpha value is -2.37. The molecule has 0 fully saturated rings. The summed E-state index contributed by atoms with van der Waals surface area (Å²) in [6.07, 6.45) is 2.40. The first-order chi connectivity index (χ1) is 13.0. The van der Waals surface area contributed by atoms with E-state index in [4.69, 9.17) is 0 Å². The van der Waals surface area contributed by atoms with Crippen molar-refractivity contribution in [1.29, 1.82) is 0 Å². The number of halogens is 1. The van der Waals surface area contributed by atoms with E-state index in [-0.39, 0.29) is 6.04 Å². The van der Waals surface area contributed by atoms with Gasteiger partial charge in [-0.15, -0.1) is 0 Å². The Morgan fingerprint density at radius 2 is 1.86 bits per heavy atom. The number of nitrogens with one attached hydrogen (secondary N) is 4. The van der Waals surface area contributed by atoms with Gasteiger partial charge >= 0.3 is 6.03 Å². The van der Waals surface area contributed by atoms with Crippen molar-refractivity contribution in [2.75, 3.05) is 22.2 Å². The molecule has 0 aliphatic rings. The van der Waals surface area contributed by atoms with Gasteiger partial charge in [-0.05, 0) is 59.9 Å². The summed E-state index contributed by atoms with van der Waals surface area (Å²) in [5, 5.41) is 18.4. The Labute approximate surface area is 172 Å². The van der Waals surface area contributed by atoms with Crippen LogP contribution in [0.5, 0.6) is 0 Å². The first kappa shape index (κ1) is 21.9. The molecule has 0 aliphatic heterocycles. The maximum Gasteiger partial charge on any atom is 0.330 e. The van der Waals surface area contributed by atoms with E-state index >= 15 is 0 Å². The van der Waals surface area contributed by atoms with Crippen LogP contribution in [0.25, 0.3) is 0 Å². The average Bonchev–Trinajstić information content (AvgIpc) is 2.57. The minimum atomic E-state index is -2.63. The number of aliphatic hydroxyl groups is 1. The molecule has 1 aromatic carbocycles. The molecule has 2 aromatic rings. The van der Waals surface area contributed by atoms with Crippen LogP contribution in [0.4, 0.5) is 27.9 Å². The summed E-state index contributed by atoms with van der Waals surface area (Å²) in [6.45, 7) is 3.54. The van der Waals surface area contributed by atoms with Gasteiger partial charge in [0.05, 0.1) is 16.6 Å². The SMILES string of the molecule is C=S(C)(=O)NC(=O)Nc1ccc(Nc2ncc(Br)c(N[C@H](C)[C@@H](C)O)n2)cc1. The van der Waals surface area contributed by atoms with Crippen LogP contribution in [0.15, 0.2) is 34.9 Å². The van der Waals surface area contributed by atoms with Gasteiger partial charge in [0, 0.05) is 33.5 Å². The van der Waals surface area contributed by atoms with E-state index in [2.05, 4.69) is 52.4 Å². The summed E-state index contributed by atoms with van der Waals surface area (Å²) in [5.41, 5.74) is 1.23. The Kier molecular flexibility index (Phi) is 7.22. The molecule has 0 bridgehead atoms. The third-order valence-electron chi connectivity index (χ3n) is 3.54. The Bertz CT molecular complexity index is 934. The average molecular weight is 471 g/mol. The standard InChI is InChI=1S/C17H23BrN6O3S/c1-10(11(2)25)20-15-14(18)9-19-16(23-15)21-12-5-7-13(8-6-12)22-17(26)24-28(3,4)27/h5-11,25H,3H2,1-2,4H3,(H2,19,20,21,23)(H2,22,24,26,27)/t10-,11-,28?/m1/s1. The zero-order valence-corrected chi connectivity index (χ0v) is 18.1. The lowest BCUT2D eigenvalue weighted by Gasteiger charge is -2.18. The molecule has 2 amide bonds. The first-order valence-corrected chi connectivity index (χ1v) is 11.2. The van der Waals surface area contributed by atoms with Crippen LogP contribution in [0.1, 0.15) is 13.8 Å². The molecule has 9 nitrogen and oxygen atoms in total. The van der Waals surface area contributed by atoms with Crippen LogP contribution < -0.4 is 20.7 Å². The molecule has 0 saturated carbocycles. The number of hydrogen-bond acceptors (Lipinski definition) is 7. The maximum atomic E-state index is 11.7. The molecule has 152 valence electrons. The number of aliphatic hydroxyl groups excluding tert-OH is 1. The van der Waals surface area contributed by atoms with Gasteiger partial charge in [0.1, 0.15) is 5.82 Å². The molecule has 28 heavy (non-hydrogen) atoms. The number of amides is 2. The van der Waals surface area contributed by atoms with Crippen molar-refractivity contribution in [3.63, 3.8) is 0 Å². The number of nitrogens with zero attached hydrogens (tertiary/aromatic N) is 2. The molecular formula is C17H23BrN6O3S. The Morgan fingerprint density at radius 3 is 2.43 bits per heavy atom. The molecule has 1 heterocycles. The van der Waals surface area contributed by atoms with Crippen LogP contribution in [0, 0.1) is 0 Å². The minimum Gasteiger partial charge on any atom is -0.391 e. The van der Waals surface area contributed by atoms with E-state index in [1.54, 1.807) is 37.4 Å². The molecule has 0 saturated heterocycles. The summed E-state index contributed by atoms with van der Waals surface area (Å²) in [4.78, 5) is 20.3. The molecule has 2 rings (SSSR count). The van der Waals surface area contributed by atoms with Crippen LogP contribution in [0.2, 0.25) is 0 Å². The lowest BCUT2D eigenvalue weighted by Crippen LogP contribution is -2.33. The second-order valence-electron chi connectivity index (χ2n) is 6.33. The fraction of sp³-hybridized carbons (Fsp3) is 0.294. The summed E-state index contributed by atoms with van der Waals surface area (Å²) >= 11 is 3.38. The third-order valence-corrected chi connectivity index (χ3v) is 4.74. The Morgan fingerprint density at radius 1 is 1.25 bits per heavy atom. The van der Waals surface area contributed by atoms with Gasteiger partial charge in [-0.1, -0.05) is 0 Å². The zero-order chi connectivity index (χ0) is 20.9. The normalized spacial score (nSPS) is 15.0. The zero-order valence-electron chi connectivity index (χ0n) is 15.7. The van der Waals surface area contributed by atoms with Crippen molar-refractivity contribution in [3.8, 4) is 0 Å². The fourth-order valence-electron chi connectivity index (χ4n) is 1.98. The molecular weight excluding hydrogens is 448 g/mol. The molecule has 5 N–H and O–H groups in total. The number of hydrogen-bond donors (Lipinski definition) is 5. The molecule has 0 radical (unpaired) electrons. The summed E-state index contributed by atoms with van der Waals surface area (Å²) in [5.74, 6) is 4.28. The van der Waals surface area contributed by atoms with E-state index < -0.39 is 21.8 Å². The van der Waals surface area contributed by atoms with E-state index in [1.165, 1.54) is 6.26 Å². The molecule has 0 aliphatic carbocycles. The van der Waals surface area contributed by atoms with E-state index in [9.17, 15) is 14.1 Å². The minimum absolute atomic E-state index is 0.188. The second kappa shape index (κ2) is 9.22. The first-order valence-electron chi connectivity index (χ1n) is 8.28. The van der Waals surface area contributed by atoms with Crippen molar-refractivity contribution in [2.24, 2.45) is 0 Å². The number of aromatic nitrogens is 2. The largest absolute Gasteiger partial charge is 0.391 e. The quantitative estimate of drug-likeness (QED) is 0.393. The predicted molar refractivity (Wildman–Crippen MR) is 118 cm³/mol. The van der Waals surface area contributed by atoms with Crippen molar-refractivity contribution in [1.82, 2.24) is 14.7 Å². The second-order valence-corrected chi connectivity index (χ2v) is 9.40. The lowest BCUT2D eigenvalue weighted by atomic mass is 10.2. The maximum absolute atomic E-state index is 11.7. The fourth-order valence-corrected chi connectivity index (χ4v) is 2.73. The van der Waals surface area contributed by atoms with Crippen molar-refractivity contribution in [2.45, 2.75) is 26.0 Å². The summed E-state index contributed by atoms with van der Waals surface area (Å²) in [6, 6.07) is 6.04. The van der Waals surface area contributed by atoms with Crippen molar-refractivity contribution >= 4 is 60.7 Å². The van der Waals surface area contributed by atoms with Gasteiger partial charge in [0.2, 0.25) is 5.95 Å². The van der Waals surface area contributed by atoms with Crippen LogP contribution in [-0.4, -0.2) is 49.6 Å². The van der Waals surface area contributed by atoms with Gasteiger partial charge in [0.15, 0.2) is 0 Å². The molecule has 11 heteroatoms. The Balaban J connectivity index is 2.05. The highest BCUT2D eigenvalue weighted by Gasteiger charge is 2.12. The number of anilines is 4. The highest BCUT2D eigenvalue weighted by Crippen LogP contribution is 2.23. The number of rotatable bonds is 7. The number of benzene rings is 1. The van der Waals surface area contributed by atoms with Gasteiger partial charge in [0.25, 0.3) is 0 Å². The van der Waals surface area contributed by atoms with Crippen molar-refractivity contribution < 1.29 is 14.1 Å². The number of carbonyl (C=O) groups excluding carboxylic acids is 1. The summed E-state index contributed by atoms with van der Waals surface area (Å²) < 4.78 is 14.4. The van der Waals surface area contributed by atoms with E-state index in [0.29, 0.717) is 27.6 Å². The van der Waals surface area contributed by atoms with Crippen molar-refractivity contribution in [3.05, 3.63) is 34.9 Å². The number of carbonyl (C=O) groups is 1. The van der Waals surface area contributed by atoms with Crippen LogP contribution in [0.3, 0.4) is 0 Å². The van der Waals surface area contributed by atoms with E-state index in [0.717, 1.165) is 0 Å². The topological polar surface area (TPSA) is 128 Å². The van der Waals surface area contributed by atoms with Crippen LogP contribution >= 0.6 is 15.9 Å². The molecule has 0 spiro atoms. The lowest BCUT2D eigenvalue weighted by molar-refractivity contribution is 0.177. The predicted octanol–water partition coefficient (Wildman–Crippen LogP) is 2.55. The van der Waals surface area contributed by atoms with Gasteiger partial charge in [-0.3, -0.25) is 4.72 Å². The smallest absolute Gasteiger partial charge is 0.330 e. The van der Waals surface area contributed by atoms with E-state index in [1.807, 2.05) is 6.92 Å². The van der Waals surface area contributed by atoms with Gasteiger partial charge in [-0.2, -0.15) is 4.98 Å². The highest BCUT2D eigenvalue weighted by molar-refractivity contribution is 9.10. The monoisotopic (exact) mass is 470 g/mol. The van der Waals surface area contributed by atoms with Gasteiger partial charge in [-0.25, -0.2) is 14.0 Å². The molecule has 1 aromatic heterocycles. The highest BCUT2D eigenvalue weighted by atomic mass is 79.9. The van der Waals surface area contributed by atoms with Gasteiger partial charge < -0.3 is 21.1 Å². The number of urea groups is 1. The third kappa shape index (κ3) is 6.98.